The highest BCUT2D eigenvalue weighted by atomic mass is 32.1. The van der Waals surface area contributed by atoms with Crippen LogP contribution in [-0.2, 0) is 9.53 Å². The minimum Gasteiger partial charge on any atom is -0.384 e. The third-order valence-electron chi connectivity index (χ3n) is 2.93. The molecule has 1 atom stereocenters. The number of nitrogens with one attached hydrogen (secondary N) is 2. The number of methoxy groups -OCH3 is 1. The molecule has 0 aliphatic carbocycles. The molecular formula is C11H16N2O2S. The van der Waals surface area contributed by atoms with E-state index in [1.807, 2.05) is 16.8 Å². The molecule has 0 saturated carbocycles. The predicted octanol–water partition coefficient (Wildman–Crippen LogP) is 1.31. The van der Waals surface area contributed by atoms with Gasteiger partial charge < -0.3 is 15.4 Å². The number of hydrogen-bond acceptors (Lipinski definition) is 4. The number of thiophene rings is 1. The molecule has 1 unspecified atom stereocenters. The number of anilines is 1. The molecular weight excluding hydrogens is 224 g/mol. The van der Waals surface area contributed by atoms with Crippen molar-refractivity contribution in [3.8, 4) is 0 Å². The van der Waals surface area contributed by atoms with Crippen molar-refractivity contribution in [2.75, 3.05) is 32.1 Å². The van der Waals surface area contributed by atoms with Gasteiger partial charge in [-0.05, 0) is 24.4 Å². The van der Waals surface area contributed by atoms with E-state index in [0.29, 0.717) is 13.2 Å². The van der Waals surface area contributed by atoms with Crippen molar-refractivity contribution in [1.82, 2.24) is 5.32 Å². The summed E-state index contributed by atoms with van der Waals surface area (Å²) in [6.07, 6.45) is 0.830. The zero-order chi connectivity index (χ0) is 11.4. The molecule has 0 spiro atoms. The molecule has 16 heavy (non-hydrogen) atoms. The number of rotatable bonds is 4. The van der Waals surface area contributed by atoms with Crippen molar-refractivity contribution in [2.24, 2.45) is 5.41 Å². The van der Waals surface area contributed by atoms with Crippen LogP contribution < -0.4 is 10.6 Å². The van der Waals surface area contributed by atoms with Crippen LogP contribution in [0.1, 0.15) is 6.42 Å². The molecule has 1 aliphatic heterocycles. The van der Waals surface area contributed by atoms with Crippen LogP contribution in [0.25, 0.3) is 0 Å². The SMILES string of the molecule is COCC1(C(=O)Nc2ccsc2)CCNC1. The van der Waals surface area contributed by atoms with E-state index >= 15 is 0 Å². The van der Waals surface area contributed by atoms with Gasteiger partial charge in [-0.2, -0.15) is 11.3 Å². The van der Waals surface area contributed by atoms with E-state index < -0.39 is 5.41 Å². The quantitative estimate of drug-likeness (QED) is 0.834. The standard InChI is InChI=1S/C11H16N2O2S/c1-15-8-11(3-4-12-7-11)10(14)13-9-2-5-16-6-9/h2,5-6,12H,3-4,7-8H2,1H3,(H,13,14). The lowest BCUT2D eigenvalue weighted by Gasteiger charge is -2.25. The van der Waals surface area contributed by atoms with Gasteiger partial charge in [-0.1, -0.05) is 0 Å². The molecule has 0 bridgehead atoms. The molecule has 2 heterocycles. The molecule has 1 aromatic rings. The second-order valence-corrected chi connectivity index (χ2v) is 4.89. The smallest absolute Gasteiger partial charge is 0.234 e. The maximum atomic E-state index is 12.2. The Bertz CT molecular complexity index is 345. The highest BCUT2D eigenvalue weighted by Crippen LogP contribution is 2.28. The molecule has 1 fully saturated rings. The van der Waals surface area contributed by atoms with Crippen molar-refractivity contribution < 1.29 is 9.53 Å². The fourth-order valence-electron chi connectivity index (χ4n) is 2.00. The van der Waals surface area contributed by atoms with Crippen molar-refractivity contribution >= 4 is 22.9 Å². The molecule has 2 N–H and O–H groups in total. The summed E-state index contributed by atoms with van der Waals surface area (Å²) in [4.78, 5) is 12.2. The Morgan fingerprint density at radius 1 is 1.75 bits per heavy atom. The van der Waals surface area contributed by atoms with E-state index in [0.717, 1.165) is 18.7 Å². The Hall–Kier alpha value is -0.910. The normalized spacial score (nSPS) is 24.6. The lowest BCUT2D eigenvalue weighted by atomic mass is 9.87. The summed E-state index contributed by atoms with van der Waals surface area (Å²) in [6, 6.07) is 1.91. The number of carbonyl (C=O) groups is 1. The van der Waals surface area contributed by atoms with E-state index in [1.165, 1.54) is 0 Å². The molecule has 1 aliphatic rings. The first-order valence-corrected chi connectivity index (χ1v) is 6.24. The van der Waals surface area contributed by atoms with Crippen LogP contribution in [0.5, 0.6) is 0 Å². The van der Waals surface area contributed by atoms with Gasteiger partial charge in [-0.3, -0.25) is 4.79 Å². The van der Waals surface area contributed by atoms with Crippen LogP contribution in [0.4, 0.5) is 5.69 Å². The van der Waals surface area contributed by atoms with Gasteiger partial charge in [-0.15, -0.1) is 0 Å². The van der Waals surface area contributed by atoms with Crippen LogP contribution in [0.15, 0.2) is 16.8 Å². The molecule has 88 valence electrons. The van der Waals surface area contributed by atoms with Crippen LogP contribution in [-0.4, -0.2) is 32.7 Å². The van der Waals surface area contributed by atoms with Crippen LogP contribution in [0.2, 0.25) is 0 Å². The first kappa shape index (κ1) is 11.6. The van der Waals surface area contributed by atoms with Crippen molar-refractivity contribution in [3.05, 3.63) is 16.8 Å². The largest absolute Gasteiger partial charge is 0.384 e. The summed E-state index contributed by atoms with van der Waals surface area (Å²) >= 11 is 1.57. The van der Waals surface area contributed by atoms with Crippen LogP contribution >= 0.6 is 11.3 Å². The average molecular weight is 240 g/mol. The maximum absolute atomic E-state index is 12.2. The second kappa shape index (κ2) is 4.95. The summed E-state index contributed by atoms with van der Waals surface area (Å²) in [6.45, 7) is 2.03. The van der Waals surface area contributed by atoms with Gasteiger partial charge in [-0.25, -0.2) is 0 Å². The number of ether oxygens (including phenoxy) is 1. The van der Waals surface area contributed by atoms with Crippen molar-refractivity contribution in [3.63, 3.8) is 0 Å². The molecule has 2 rings (SSSR count). The van der Waals surface area contributed by atoms with Crippen molar-refractivity contribution in [2.45, 2.75) is 6.42 Å². The third kappa shape index (κ3) is 2.26. The topological polar surface area (TPSA) is 50.4 Å². The molecule has 1 amide bonds. The first-order valence-electron chi connectivity index (χ1n) is 5.30. The van der Waals surface area contributed by atoms with Crippen LogP contribution in [0, 0.1) is 5.41 Å². The monoisotopic (exact) mass is 240 g/mol. The minimum atomic E-state index is -0.406. The Kier molecular flexibility index (Phi) is 3.58. The minimum absolute atomic E-state index is 0.0535. The van der Waals surface area contributed by atoms with Crippen LogP contribution in [0.3, 0.4) is 0 Å². The predicted molar refractivity (Wildman–Crippen MR) is 64.7 cm³/mol. The van der Waals surface area contributed by atoms with E-state index in [1.54, 1.807) is 18.4 Å². The van der Waals surface area contributed by atoms with Gasteiger partial charge in [0.05, 0.1) is 17.7 Å². The molecule has 1 saturated heterocycles. The molecule has 0 radical (unpaired) electrons. The summed E-state index contributed by atoms with van der Waals surface area (Å²) in [7, 11) is 1.64. The summed E-state index contributed by atoms with van der Waals surface area (Å²) < 4.78 is 5.17. The van der Waals surface area contributed by atoms with Crippen molar-refractivity contribution in [1.29, 1.82) is 0 Å². The number of carbonyl (C=O) groups excluding carboxylic acids is 1. The van der Waals surface area contributed by atoms with E-state index in [4.69, 9.17) is 4.74 Å². The molecule has 5 heteroatoms. The first-order chi connectivity index (χ1) is 7.77. The van der Waals surface area contributed by atoms with Gasteiger partial charge in [0, 0.05) is 19.0 Å². The summed E-state index contributed by atoms with van der Waals surface area (Å²) in [5.41, 5.74) is 0.467. The van der Waals surface area contributed by atoms with Gasteiger partial charge in [0.1, 0.15) is 0 Å². The fourth-order valence-corrected chi connectivity index (χ4v) is 2.59. The van der Waals surface area contributed by atoms with E-state index in [9.17, 15) is 4.79 Å². The summed E-state index contributed by atoms with van der Waals surface area (Å²) in [5.74, 6) is 0.0535. The van der Waals surface area contributed by atoms with Gasteiger partial charge in [0.25, 0.3) is 0 Å². The van der Waals surface area contributed by atoms with E-state index in [-0.39, 0.29) is 5.91 Å². The average Bonchev–Trinajstić information content (AvgIpc) is 2.89. The zero-order valence-corrected chi connectivity index (χ0v) is 10.1. The van der Waals surface area contributed by atoms with Gasteiger partial charge in [0.15, 0.2) is 0 Å². The summed E-state index contributed by atoms with van der Waals surface area (Å²) in [5, 5.41) is 10.0. The Labute approximate surface area is 99.0 Å². The second-order valence-electron chi connectivity index (χ2n) is 4.11. The molecule has 0 aromatic carbocycles. The van der Waals surface area contributed by atoms with Gasteiger partial charge >= 0.3 is 0 Å². The molecule has 4 nitrogen and oxygen atoms in total. The van der Waals surface area contributed by atoms with Gasteiger partial charge in [0.2, 0.25) is 5.91 Å². The zero-order valence-electron chi connectivity index (χ0n) is 9.29. The highest BCUT2D eigenvalue weighted by molar-refractivity contribution is 7.08. The lowest BCUT2D eigenvalue weighted by Crippen LogP contribution is -2.41. The Balaban J connectivity index is 2.05. The Morgan fingerprint density at radius 2 is 2.62 bits per heavy atom. The van der Waals surface area contributed by atoms with E-state index in [2.05, 4.69) is 10.6 Å². The lowest BCUT2D eigenvalue weighted by molar-refractivity contribution is -0.127. The fraction of sp³-hybridized carbons (Fsp3) is 0.545. The third-order valence-corrected chi connectivity index (χ3v) is 3.61. The maximum Gasteiger partial charge on any atom is 0.234 e. The number of amides is 1. The highest BCUT2D eigenvalue weighted by Gasteiger charge is 2.41. The Morgan fingerprint density at radius 3 is 3.19 bits per heavy atom. The molecule has 1 aromatic heterocycles. The number of hydrogen-bond donors (Lipinski definition) is 2.